The summed E-state index contributed by atoms with van der Waals surface area (Å²) in [7, 11) is 0. The van der Waals surface area contributed by atoms with E-state index in [1.165, 1.54) is 24.0 Å². The van der Waals surface area contributed by atoms with Crippen molar-refractivity contribution >= 4 is 5.78 Å². The van der Waals surface area contributed by atoms with E-state index in [0.717, 1.165) is 12.8 Å². The van der Waals surface area contributed by atoms with Crippen LogP contribution in [0.15, 0.2) is 23.3 Å². The number of unbranched alkanes of at least 4 members (excludes halogenated alkanes) is 1. The van der Waals surface area contributed by atoms with E-state index in [-0.39, 0.29) is 5.78 Å². The molecule has 0 N–H and O–H groups in total. The largest absolute Gasteiger partial charge is 0.300 e. The van der Waals surface area contributed by atoms with Gasteiger partial charge in [0.1, 0.15) is 5.78 Å². The molecule has 0 heterocycles. The predicted octanol–water partition coefficient (Wildman–Crippen LogP) is 4.44. The molecule has 15 heavy (non-hydrogen) atoms. The Kier molecular flexibility index (Phi) is 7.98. The van der Waals surface area contributed by atoms with Crippen LogP contribution >= 0.6 is 0 Å². The maximum absolute atomic E-state index is 10.7. The van der Waals surface area contributed by atoms with Crippen molar-refractivity contribution in [3.8, 4) is 0 Å². The van der Waals surface area contributed by atoms with E-state index in [0.29, 0.717) is 6.42 Å². The minimum absolute atomic E-state index is 0.281. The number of rotatable bonds is 7. The van der Waals surface area contributed by atoms with Crippen LogP contribution in [0.1, 0.15) is 59.8 Å². The molecule has 0 amide bonds. The fourth-order valence-electron chi connectivity index (χ4n) is 1.40. The molecule has 0 atom stereocenters. The van der Waals surface area contributed by atoms with Crippen LogP contribution < -0.4 is 0 Å². The highest BCUT2D eigenvalue weighted by Gasteiger charge is 1.92. The van der Waals surface area contributed by atoms with Crippen molar-refractivity contribution in [1.29, 1.82) is 0 Å². The average Bonchev–Trinajstić information content (AvgIpc) is 2.11. The number of hydrogen-bond donors (Lipinski definition) is 0. The molecule has 0 radical (unpaired) electrons. The second-order valence-corrected chi connectivity index (χ2v) is 4.46. The van der Waals surface area contributed by atoms with Gasteiger partial charge in [-0.3, -0.25) is 0 Å². The van der Waals surface area contributed by atoms with E-state index in [4.69, 9.17) is 0 Å². The van der Waals surface area contributed by atoms with Crippen LogP contribution in [0.25, 0.3) is 0 Å². The minimum atomic E-state index is 0.281. The van der Waals surface area contributed by atoms with Crippen molar-refractivity contribution in [1.82, 2.24) is 0 Å². The third-order valence-electron chi connectivity index (χ3n) is 2.32. The van der Waals surface area contributed by atoms with E-state index < -0.39 is 0 Å². The third-order valence-corrected chi connectivity index (χ3v) is 2.32. The molecule has 1 heteroatoms. The summed E-state index contributed by atoms with van der Waals surface area (Å²) >= 11 is 0. The van der Waals surface area contributed by atoms with E-state index >= 15 is 0 Å². The van der Waals surface area contributed by atoms with Gasteiger partial charge in [-0.2, -0.15) is 0 Å². The van der Waals surface area contributed by atoms with Crippen LogP contribution in [0.5, 0.6) is 0 Å². The molecule has 0 aliphatic heterocycles. The van der Waals surface area contributed by atoms with Gasteiger partial charge in [0, 0.05) is 6.42 Å². The zero-order valence-corrected chi connectivity index (χ0v) is 10.6. The normalized spacial score (nSPS) is 11.3. The van der Waals surface area contributed by atoms with Gasteiger partial charge in [-0.25, -0.2) is 0 Å². The van der Waals surface area contributed by atoms with Crippen molar-refractivity contribution in [2.75, 3.05) is 0 Å². The first kappa shape index (κ1) is 14.2. The topological polar surface area (TPSA) is 17.1 Å². The summed E-state index contributed by atoms with van der Waals surface area (Å²) < 4.78 is 0. The molecule has 0 fully saturated rings. The van der Waals surface area contributed by atoms with Gasteiger partial charge in [-0.15, -0.1) is 0 Å². The Morgan fingerprint density at radius 1 is 0.933 bits per heavy atom. The summed E-state index contributed by atoms with van der Waals surface area (Å²) in [6, 6.07) is 0. The lowest BCUT2D eigenvalue weighted by atomic mass is 10.1. The Morgan fingerprint density at radius 3 is 2.13 bits per heavy atom. The lowest BCUT2D eigenvalue weighted by Crippen LogP contribution is -1.87. The SMILES string of the molecule is CC(=O)CC/C=C(\C)CCCC=C(C)C. The Morgan fingerprint density at radius 2 is 1.60 bits per heavy atom. The first-order valence-electron chi connectivity index (χ1n) is 5.81. The quantitative estimate of drug-likeness (QED) is 0.446. The van der Waals surface area contributed by atoms with Gasteiger partial charge < -0.3 is 4.79 Å². The summed E-state index contributed by atoms with van der Waals surface area (Å²) in [4.78, 5) is 10.7. The fourth-order valence-corrected chi connectivity index (χ4v) is 1.40. The number of allylic oxidation sites excluding steroid dienone is 4. The summed E-state index contributed by atoms with van der Waals surface area (Å²) in [5, 5.41) is 0. The number of carbonyl (C=O) groups is 1. The Bertz CT molecular complexity index is 242. The van der Waals surface area contributed by atoms with Crippen molar-refractivity contribution in [2.24, 2.45) is 0 Å². The van der Waals surface area contributed by atoms with Gasteiger partial charge in [0.2, 0.25) is 0 Å². The van der Waals surface area contributed by atoms with Crippen LogP contribution in [0.4, 0.5) is 0 Å². The van der Waals surface area contributed by atoms with Gasteiger partial charge in [0.15, 0.2) is 0 Å². The minimum Gasteiger partial charge on any atom is -0.300 e. The molecule has 0 saturated carbocycles. The summed E-state index contributed by atoms with van der Waals surface area (Å²) in [6.45, 7) is 8.08. The molecule has 0 aromatic carbocycles. The number of carbonyl (C=O) groups excluding carboxylic acids is 1. The summed E-state index contributed by atoms with van der Waals surface area (Å²) in [5.74, 6) is 0.281. The lowest BCUT2D eigenvalue weighted by Gasteiger charge is -1.99. The fraction of sp³-hybridized carbons (Fsp3) is 0.643. The van der Waals surface area contributed by atoms with Crippen molar-refractivity contribution in [3.63, 3.8) is 0 Å². The molecular weight excluding hydrogens is 184 g/mol. The molecule has 0 aromatic heterocycles. The summed E-state index contributed by atoms with van der Waals surface area (Å²) in [5.41, 5.74) is 2.81. The number of Topliss-reactive ketones (excluding diaryl/α,β-unsaturated/α-hetero) is 1. The van der Waals surface area contributed by atoms with Crippen LogP contribution in [-0.4, -0.2) is 5.78 Å². The molecule has 0 aliphatic rings. The third kappa shape index (κ3) is 11.1. The van der Waals surface area contributed by atoms with Crippen molar-refractivity contribution < 1.29 is 4.79 Å². The van der Waals surface area contributed by atoms with E-state index in [1.807, 2.05) is 0 Å². The van der Waals surface area contributed by atoms with Gasteiger partial charge in [-0.05, 0) is 53.4 Å². The number of hydrogen-bond acceptors (Lipinski definition) is 1. The molecule has 0 spiro atoms. The van der Waals surface area contributed by atoms with E-state index in [1.54, 1.807) is 6.92 Å². The number of ketones is 1. The first-order chi connectivity index (χ1) is 7.02. The van der Waals surface area contributed by atoms with Gasteiger partial charge in [0.25, 0.3) is 0 Å². The molecule has 0 bridgehead atoms. The van der Waals surface area contributed by atoms with Crippen LogP contribution in [0, 0.1) is 0 Å². The zero-order chi connectivity index (χ0) is 11.7. The molecule has 0 rings (SSSR count). The maximum atomic E-state index is 10.7. The van der Waals surface area contributed by atoms with Crippen LogP contribution in [0.2, 0.25) is 0 Å². The molecule has 1 nitrogen and oxygen atoms in total. The second-order valence-electron chi connectivity index (χ2n) is 4.46. The lowest BCUT2D eigenvalue weighted by molar-refractivity contribution is -0.116. The predicted molar refractivity (Wildman–Crippen MR) is 67.0 cm³/mol. The van der Waals surface area contributed by atoms with Crippen LogP contribution in [0.3, 0.4) is 0 Å². The molecule has 0 saturated heterocycles. The van der Waals surface area contributed by atoms with Gasteiger partial charge >= 0.3 is 0 Å². The Labute approximate surface area is 94.3 Å². The smallest absolute Gasteiger partial charge is 0.130 e. The standard InChI is InChI=1S/C14H24O/c1-12(2)8-5-6-9-13(3)10-7-11-14(4)15/h8,10H,5-7,9,11H2,1-4H3/b13-10+. The molecule has 86 valence electrons. The van der Waals surface area contributed by atoms with Crippen LogP contribution in [-0.2, 0) is 4.79 Å². The monoisotopic (exact) mass is 208 g/mol. The van der Waals surface area contributed by atoms with Gasteiger partial charge in [-0.1, -0.05) is 23.3 Å². The highest BCUT2D eigenvalue weighted by molar-refractivity contribution is 5.75. The zero-order valence-electron chi connectivity index (χ0n) is 10.6. The summed E-state index contributed by atoms with van der Waals surface area (Å²) in [6.07, 6.45) is 9.61. The second kappa shape index (κ2) is 8.46. The average molecular weight is 208 g/mol. The van der Waals surface area contributed by atoms with E-state index in [9.17, 15) is 4.79 Å². The Hall–Kier alpha value is -0.850. The molecule has 0 aromatic rings. The van der Waals surface area contributed by atoms with Crippen molar-refractivity contribution in [3.05, 3.63) is 23.3 Å². The highest BCUT2D eigenvalue weighted by Crippen LogP contribution is 2.09. The first-order valence-corrected chi connectivity index (χ1v) is 5.81. The van der Waals surface area contributed by atoms with E-state index in [2.05, 4.69) is 32.9 Å². The van der Waals surface area contributed by atoms with Gasteiger partial charge in [0.05, 0.1) is 0 Å². The molecule has 0 unspecified atom stereocenters. The Balaban J connectivity index is 3.59. The van der Waals surface area contributed by atoms with Crippen molar-refractivity contribution in [2.45, 2.75) is 59.8 Å². The maximum Gasteiger partial charge on any atom is 0.130 e. The molecule has 0 aliphatic carbocycles. The highest BCUT2D eigenvalue weighted by atomic mass is 16.1. The molecular formula is C14H24O.